The third-order valence-corrected chi connectivity index (χ3v) is 4.65. The fourth-order valence-corrected chi connectivity index (χ4v) is 3.40. The molecule has 0 nitrogen and oxygen atoms in total. The Morgan fingerprint density at radius 1 is 0.900 bits per heavy atom. The summed E-state index contributed by atoms with van der Waals surface area (Å²) in [5.41, 5.74) is 6.24. The van der Waals surface area contributed by atoms with Gasteiger partial charge < -0.3 is 0 Å². The van der Waals surface area contributed by atoms with Crippen LogP contribution in [0.5, 0.6) is 0 Å². The summed E-state index contributed by atoms with van der Waals surface area (Å²) in [5, 5.41) is 0. The van der Waals surface area contributed by atoms with E-state index in [0.717, 1.165) is 0 Å². The molecule has 104 valence electrons. The summed E-state index contributed by atoms with van der Waals surface area (Å²) in [5.74, 6) is 1.24. The summed E-state index contributed by atoms with van der Waals surface area (Å²) in [6.45, 7) is 9.25. The van der Waals surface area contributed by atoms with E-state index in [4.69, 9.17) is 0 Å². The van der Waals surface area contributed by atoms with Crippen molar-refractivity contribution in [2.24, 2.45) is 0 Å². The van der Waals surface area contributed by atoms with E-state index in [0.29, 0.717) is 11.8 Å². The lowest BCUT2D eigenvalue weighted by molar-refractivity contribution is 0.589. The van der Waals surface area contributed by atoms with E-state index in [2.05, 4.69) is 76.2 Å². The molecule has 0 aromatic heterocycles. The van der Waals surface area contributed by atoms with E-state index < -0.39 is 0 Å². The molecule has 0 bridgehead atoms. The molecule has 20 heavy (non-hydrogen) atoms. The maximum absolute atomic E-state index is 2.45. The van der Waals surface area contributed by atoms with Crippen LogP contribution in [0.25, 0.3) is 0 Å². The van der Waals surface area contributed by atoms with Crippen LogP contribution in [0.2, 0.25) is 0 Å². The van der Waals surface area contributed by atoms with Crippen LogP contribution in [0.15, 0.2) is 48.5 Å². The van der Waals surface area contributed by atoms with Gasteiger partial charge >= 0.3 is 0 Å². The second-order valence-electron chi connectivity index (χ2n) is 7.19. The Kier molecular flexibility index (Phi) is 3.20. The molecule has 0 saturated heterocycles. The summed E-state index contributed by atoms with van der Waals surface area (Å²) in [7, 11) is 0. The van der Waals surface area contributed by atoms with Crippen molar-refractivity contribution in [3.8, 4) is 0 Å². The average Bonchev–Trinajstić information content (AvgIpc) is 2.76. The van der Waals surface area contributed by atoms with Crippen molar-refractivity contribution in [1.82, 2.24) is 0 Å². The van der Waals surface area contributed by atoms with Crippen molar-refractivity contribution in [2.45, 2.75) is 51.4 Å². The topological polar surface area (TPSA) is 0 Å². The Hall–Kier alpha value is -1.56. The third-order valence-electron chi connectivity index (χ3n) is 4.65. The largest absolute Gasteiger partial charge is 0.0622 e. The quantitative estimate of drug-likeness (QED) is 0.626. The smallest absolute Gasteiger partial charge is 0.00979 e. The molecule has 0 heterocycles. The maximum Gasteiger partial charge on any atom is 0.00979 e. The second-order valence-corrected chi connectivity index (χ2v) is 7.19. The number of hydrogen-bond donors (Lipinski definition) is 0. The Morgan fingerprint density at radius 2 is 1.60 bits per heavy atom. The van der Waals surface area contributed by atoms with Crippen LogP contribution >= 0.6 is 0 Å². The first-order valence-corrected chi connectivity index (χ1v) is 7.66. The fraction of sp³-hybridized carbons (Fsp3) is 0.400. The Labute approximate surface area is 122 Å². The van der Waals surface area contributed by atoms with Crippen LogP contribution in [0.4, 0.5) is 0 Å². The zero-order valence-electron chi connectivity index (χ0n) is 13.0. The number of benzene rings is 2. The first-order chi connectivity index (χ1) is 9.47. The molecule has 2 aromatic carbocycles. The van der Waals surface area contributed by atoms with Crippen LogP contribution < -0.4 is 0 Å². The van der Waals surface area contributed by atoms with Crippen LogP contribution in [-0.2, 0) is 5.41 Å². The highest BCUT2D eigenvalue weighted by atomic mass is 14.3. The van der Waals surface area contributed by atoms with Crippen LogP contribution in [0.3, 0.4) is 0 Å². The molecule has 0 aliphatic heterocycles. The lowest BCUT2D eigenvalue weighted by Gasteiger charge is -2.21. The molecule has 2 aromatic rings. The maximum atomic E-state index is 2.45. The molecule has 0 saturated carbocycles. The number of rotatable bonds is 1. The molecule has 0 spiro atoms. The van der Waals surface area contributed by atoms with Gasteiger partial charge in [0.25, 0.3) is 0 Å². The third kappa shape index (κ3) is 2.28. The van der Waals surface area contributed by atoms with E-state index in [9.17, 15) is 0 Å². The van der Waals surface area contributed by atoms with E-state index in [1.807, 2.05) is 0 Å². The van der Waals surface area contributed by atoms with Gasteiger partial charge in [-0.3, -0.25) is 0 Å². The lowest BCUT2D eigenvalue weighted by atomic mass is 9.83. The van der Waals surface area contributed by atoms with Crippen molar-refractivity contribution in [2.75, 3.05) is 0 Å². The van der Waals surface area contributed by atoms with Crippen molar-refractivity contribution in [1.29, 1.82) is 0 Å². The van der Waals surface area contributed by atoms with Gasteiger partial charge in [-0.1, -0.05) is 76.2 Å². The highest BCUT2D eigenvalue weighted by molar-refractivity contribution is 5.47. The van der Waals surface area contributed by atoms with E-state index >= 15 is 0 Å². The molecular weight excluding hydrogens is 240 g/mol. The summed E-state index contributed by atoms with van der Waals surface area (Å²) in [6, 6.07) is 18.1. The van der Waals surface area contributed by atoms with Crippen molar-refractivity contribution < 1.29 is 0 Å². The molecule has 0 radical (unpaired) electrons. The highest BCUT2D eigenvalue weighted by Crippen LogP contribution is 2.46. The van der Waals surface area contributed by atoms with Crippen LogP contribution in [-0.4, -0.2) is 0 Å². The van der Waals surface area contributed by atoms with E-state index in [1.54, 1.807) is 11.1 Å². The van der Waals surface area contributed by atoms with Crippen LogP contribution in [0, 0.1) is 0 Å². The summed E-state index contributed by atoms with van der Waals surface area (Å²) >= 11 is 0. The van der Waals surface area contributed by atoms with Gasteiger partial charge in [0, 0.05) is 5.92 Å². The second kappa shape index (κ2) is 4.77. The van der Waals surface area contributed by atoms with Gasteiger partial charge in [0.15, 0.2) is 0 Å². The number of fused-ring (bicyclic) bond motifs is 1. The summed E-state index contributed by atoms with van der Waals surface area (Å²) in [6.07, 6.45) is 1.24. The Morgan fingerprint density at radius 3 is 2.25 bits per heavy atom. The van der Waals surface area contributed by atoms with Gasteiger partial charge in [0.2, 0.25) is 0 Å². The van der Waals surface area contributed by atoms with E-state index in [-0.39, 0.29) is 5.41 Å². The molecule has 0 N–H and O–H groups in total. The predicted molar refractivity (Wildman–Crippen MR) is 86.5 cm³/mol. The summed E-state index contributed by atoms with van der Waals surface area (Å²) < 4.78 is 0. The van der Waals surface area contributed by atoms with Crippen molar-refractivity contribution in [3.63, 3.8) is 0 Å². The van der Waals surface area contributed by atoms with Gasteiger partial charge in [0.1, 0.15) is 0 Å². The Bertz CT molecular complexity index is 602. The predicted octanol–water partition coefficient (Wildman–Crippen LogP) is 5.62. The molecule has 1 aliphatic rings. The highest BCUT2D eigenvalue weighted by Gasteiger charge is 2.30. The van der Waals surface area contributed by atoms with Crippen LogP contribution in [0.1, 0.15) is 68.2 Å². The Balaban J connectivity index is 2.09. The van der Waals surface area contributed by atoms with Gasteiger partial charge in [-0.15, -0.1) is 0 Å². The molecule has 2 unspecified atom stereocenters. The lowest BCUT2D eigenvalue weighted by Crippen LogP contribution is -2.11. The summed E-state index contributed by atoms with van der Waals surface area (Å²) in [4.78, 5) is 0. The first-order valence-electron chi connectivity index (χ1n) is 7.66. The van der Waals surface area contributed by atoms with Gasteiger partial charge in [0.05, 0.1) is 0 Å². The molecule has 1 aliphatic carbocycles. The molecule has 0 fully saturated rings. The van der Waals surface area contributed by atoms with Gasteiger partial charge in [-0.2, -0.15) is 0 Å². The number of hydrogen-bond acceptors (Lipinski definition) is 0. The molecular formula is C20H24. The fourth-order valence-electron chi connectivity index (χ4n) is 3.40. The molecule has 3 rings (SSSR count). The van der Waals surface area contributed by atoms with Crippen molar-refractivity contribution >= 4 is 0 Å². The van der Waals surface area contributed by atoms with Gasteiger partial charge in [-0.25, -0.2) is 0 Å². The minimum Gasteiger partial charge on any atom is -0.0622 e. The zero-order valence-corrected chi connectivity index (χ0v) is 13.0. The molecule has 0 amide bonds. The monoisotopic (exact) mass is 264 g/mol. The standard InChI is InChI=1S/C20H24/c1-14-12-18(15-8-6-5-7-9-15)19-13-16(20(2,3)4)10-11-17(14)19/h5-11,13-14,18H,12H2,1-4H3. The molecule has 2 atom stereocenters. The van der Waals surface area contributed by atoms with Crippen molar-refractivity contribution in [3.05, 3.63) is 70.8 Å². The molecule has 0 heteroatoms. The zero-order chi connectivity index (χ0) is 14.3. The SMILES string of the molecule is CC1CC(c2ccccc2)c2cc(C(C)(C)C)ccc21. The van der Waals surface area contributed by atoms with E-state index in [1.165, 1.54) is 17.5 Å². The minimum absolute atomic E-state index is 0.224. The minimum atomic E-state index is 0.224. The van der Waals surface area contributed by atoms with Gasteiger partial charge in [-0.05, 0) is 40.0 Å². The normalized spacial score (nSPS) is 21.8. The average molecular weight is 264 g/mol. The first kappa shape index (κ1) is 13.4.